The molecule has 9 nitrogen and oxygen atoms in total. The molecule has 4 aromatic rings. The third kappa shape index (κ3) is 5.28. The second kappa shape index (κ2) is 11.2. The summed E-state index contributed by atoms with van der Waals surface area (Å²) in [5.41, 5.74) is 7.78. The molecule has 0 radical (unpaired) electrons. The van der Waals surface area contributed by atoms with Crippen molar-refractivity contribution < 1.29 is 24.3 Å². The van der Waals surface area contributed by atoms with Crippen LogP contribution in [0.3, 0.4) is 0 Å². The number of hydrogen-bond donors (Lipinski definition) is 2. The Balaban J connectivity index is 1.40. The Morgan fingerprint density at radius 3 is 2.61 bits per heavy atom. The van der Waals surface area contributed by atoms with Crippen LogP contribution in [0.25, 0.3) is 28.5 Å². The fraction of sp³-hybridized carbons (Fsp3) is 0.206. The van der Waals surface area contributed by atoms with E-state index in [1.165, 1.54) is 19.2 Å². The summed E-state index contributed by atoms with van der Waals surface area (Å²) >= 11 is 1.56. The zero-order valence-electron chi connectivity index (χ0n) is 24.9. The topological polar surface area (TPSA) is 115 Å². The number of thiophene rings is 1. The molecule has 0 saturated heterocycles. The largest absolute Gasteiger partial charge is 0.504 e. The third-order valence-electron chi connectivity index (χ3n) is 7.60. The molecule has 0 fully saturated rings. The van der Waals surface area contributed by atoms with Crippen LogP contribution in [0.5, 0.6) is 17.2 Å². The maximum Gasteiger partial charge on any atom is 0.269 e. The Bertz CT molecular complexity index is 1890. The number of phenolic OH excluding ortho intramolecular Hbond substituents is 1. The van der Waals surface area contributed by atoms with Crippen molar-refractivity contribution in [1.29, 1.82) is 0 Å². The minimum absolute atomic E-state index is 0.0280. The molecule has 1 aromatic heterocycles. The van der Waals surface area contributed by atoms with E-state index in [0.29, 0.717) is 28.5 Å². The van der Waals surface area contributed by atoms with Crippen LogP contribution in [-0.2, 0) is 11.4 Å². The molecule has 0 atom stereocenters. The lowest BCUT2D eigenvalue weighted by Gasteiger charge is -2.35. The summed E-state index contributed by atoms with van der Waals surface area (Å²) in [4.78, 5) is 17.0. The van der Waals surface area contributed by atoms with Crippen LogP contribution < -0.4 is 14.8 Å². The minimum Gasteiger partial charge on any atom is -0.504 e. The Morgan fingerprint density at radius 2 is 1.89 bits per heavy atom. The number of ether oxygens (including phenoxy) is 2. The monoisotopic (exact) mass is 609 g/mol. The number of oxime groups is 1. The molecule has 0 bridgehead atoms. The molecule has 3 heterocycles. The van der Waals surface area contributed by atoms with Crippen molar-refractivity contribution >= 4 is 45.8 Å². The number of methoxy groups -OCH3 is 1. The average Bonchev–Trinajstić information content (AvgIpc) is 3.45. The first kappa shape index (κ1) is 29.0. The van der Waals surface area contributed by atoms with E-state index in [9.17, 15) is 15.2 Å². The van der Waals surface area contributed by atoms with Gasteiger partial charge >= 0.3 is 0 Å². The van der Waals surface area contributed by atoms with Crippen molar-refractivity contribution in [2.45, 2.75) is 39.8 Å². The molecule has 2 aliphatic rings. The molecule has 0 amide bonds. The summed E-state index contributed by atoms with van der Waals surface area (Å²) in [7, 11) is 1.54. The molecule has 224 valence electrons. The van der Waals surface area contributed by atoms with Gasteiger partial charge in [-0.1, -0.05) is 17.3 Å². The molecule has 0 spiro atoms. The van der Waals surface area contributed by atoms with Crippen LogP contribution in [0.4, 0.5) is 11.4 Å². The summed E-state index contributed by atoms with van der Waals surface area (Å²) in [6.45, 7) is 8.42. The van der Waals surface area contributed by atoms with E-state index in [1.807, 2.05) is 30.5 Å². The van der Waals surface area contributed by atoms with Crippen molar-refractivity contribution in [2.75, 3.05) is 12.4 Å². The number of non-ortho nitro benzene ring substituents is 1. The second-order valence-electron chi connectivity index (χ2n) is 11.3. The first-order chi connectivity index (χ1) is 21.1. The van der Waals surface area contributed by atoms with Gasteiger partial charge in [0.1, 0.15) is 18.1 Å². The fourth-order valence-electron chi connectivity index (χ4n) is 5.77. The van der Waals surface area contributed by atoms with Crippen molar-refractivity contribution in [2.24, 2.45) is 5.16 Å². The number of benzene rings is 3. The second-order valence-corrected chi connectivity index (χ2v) is 12.2. The summed E-state index contributed by atoms with van der Waals surface area (Å²) in [6, 6.07) is 15.6. The fourth-order valence-corrected chi connectivity index (χ4v) is 6.63. The quantitative estimate of drug-likeness (QED) is 0.123. The van der Waals surface area contributed by atoms with E-state index in [-0.39, 0.29) is 23.6 Å². The molecule has 6 rings (SSSR count). The van der Waals surface area contributed by atoms with Crippen LogP contribution >= 0.6 is 11.3 Å². The van der Waals surface area contributed by atoms with Crippen LogP contribution in [0.1, 0.15) is 54.8 Å². The third-order valence-corrected chi connectivity index (χ3v) is 8.46. The SMILES string of the molecule is COc1c(O)ccc2c1-c1ccc3c(c1C(=Cc1sccc1C(C)=NOCc1ccc([N+](=O)[O-])cc1)O2)C(C)=CC(C)(C)N3. The number of nitro groups is 1. The Kier molecular flexibility index (Phi) is 7.38. The number of nitrogens with one attached hydrogen (secondary N) is 1. The maximum atomic E-state index is 10.9. The smallest absolute Gasteiger partial charge is 0.269 e. The van der Waals surface area contributed by atoms with Crippen molar-refractivity contribution in [3.05, 3.63) is 103 Å². The highest BCUT2D eigenvalue weighted by molar-refractivity contribution is 7.11. The molecule has 0 saturated carbocycles. The Labute approximate surface area is 258 Å². The predicted molar refractivity (Wildman–Crippen MR) is 174 cm³/mol. The van der Waals surface area contributed by atoms with E-state index in [1.54, 1.807) is 35.6 Å². The summed E-state index contributed by atoms with van der Waals surface area (Å²) < 4.78 is 12.2. The van der Waals surface area contributed by atoms with Gasteiger partial charge in [0.05, 0.1) is 28.8 Å². The lowest BCUT2D eigenvalue weighted by Crippen LogP contribution is -2.32. The first-order valence-electron chi connectivity index (χ1n) is 14.0. The van der Waals surface area contributed by atoms with Crippen LogP contribution in [0.2, 0.25) is 0 Å². The lowest BCUT2D eigenvalue weighted by atomic mass is 9.83. The van der Waals surface area contributed by atoms with Gasteiger partial charge in [0.25, 0.3) is 5.69 Å². The lowest BCUT2D eigenvalue weighted by molar-refractivity contribution is -0.384. The number of rotatable bonds is 7. The highest BCUT2D eigenvalue weighted by Crippen LogP contribution is 2.54. The normalized spacial score (nSPS) is 15.7. The number of fused-ring (bicyclic) bond motifs is 5. The van der Waals surface area contributed by atoms with Gasteiger partial charge in [-0.3, -0.25) is 10.1 Å². The van der Waals surface area contributed by atoms with E-state index in [0.717, 1.165) is 44.0 Å². The van der Waals surface area contributed by atoms with Gasteiger partial charge in [0.2, 0.25) is 0 Å². The number of hydrogen-bond acceptors (Lipinski definition) is 9. The standard InChI is InChI=1S/C34H31N3O6S/c1-19-17-34(3,4)35-25-11-10-24-31(30(19)25)28(43-27-13-12-26(38)33(41-5)32(24)27)16-29-23(14-15-44-29)20(2)36-42-18-21-6-8-22(9-7-21)37(39)40/h6-17,35,38H,18H2,1-5H3. The highest BCUT2D eigenvalue weighted by Gasteiger charge is 2.33. The molecule has 2 aliphatic heterocycles. The molecule has 44 heavy (non-hydrogen) atoms. The molecular formula is C34H31N3O6S. The number of nitro benzene ring substituents is 1. The summed E-state index contributed by atoms with van der Waals surface area (Å²) in [5.74, 6) is 1.64. The average molecular weight is 610 g/mol. The van der Waals surface area contributed by atoms with Gasteiger partial charge < -0.3 is 24.7 Å². The van der Waals surface area contributed by atoms with Crippen molar-refractivity contribution in [3.63, 3.8) is 0 Å². The zero-order valence-corrected chi connectivity index (χ0v) is 25.7. The van der Waals surface area contributed by atoms with Gasteiger partial charge in [0, 0.05) is 45.0 Å². The molecule has 2 N–H and O–H groups in total. The first-order valence-corrected chi connectivity index (χ1v) is 14.9. The van der Waals surface area contributed by atoms with Gasteiger partial charge in [-0.05, 0) is 86.7 Å². The van der Waals surface area contributed by atoms with E-state index in [2.05, 4.69) is 43.4 Å². The summed E-state index contributed by atoms with van der Waals surface area (Å²) in [6.07, 6.45) is 4.22. The van der Waals surface area contributed by atoms with E-state index in [4.69, 9.17) is 14.3 Å². The van der Waals surface area contributed by atoms with Gasteiger partial charge in [-0.2, -0.15) is 0 Å². The Morgan fingerprint density at radius 1 is 1.11 bits per heavy atom. The van der Waals surface area contributed by atoms with Crippen molar-refractivity contribution in [1.82, 2.24) is 0 Å². The van der Waals surface area contributed by atoms with Gasteiger partial charge in [-0.15, -0.1) is 11.3 Å². The molecular weight excluding hydrogens is 578 g/mol. The number of allylic oxidation sites excluding steroid dienone is 1. The van der Waals surface area contributed by atoms with Gasteiger partial charge in [-0.25, -0.2) is 0 Å². The predicted octanol–water partition coefficient (Wildman–Crippen LogP) is 8.48. The van der Waals surface area contributed by atoms with Crippen LogP contribution in [-0.4, -0.2) is 28.4 Å². The van der Waals surface area contributed by atoms with Gasteiger partial charge in [0.15, 0.2) is 11.5 Å². The highest BCUT2D eigenvalue weighted by atomic mass is 32.1. The Hall–Kier alpha value is -5.09. The molecule has 10 heteroatoms. The van der Waals surface area contributed by atoms with Crippen LogP contribution in [0.15, 0.2) is 71.2 Å². The zero-order chi connectivity index (χ0) is 31.2. The number of nitrogens with zero attached hydrogens (tertiary/aromatic N) is 2. The number of anilines is 1. The van der Waals surface area contributed by atoms with Crippen LogP contribution in [0, 0.1) is 10.1 Å². The molecule has 0 aliphatic carbocycles. The minimum atomic E-state index is -0.433. The van der Waals surface area contributed by atoms with Crippen molar-refractivity contribution in [3.8, 4) is 28.4 Å². The van der Waals surface area contributed by atoms with E-state index < -0.39 is 4.92 Å². The van der Waals surface area contributed by atoms with E-state index >= 15 is 0 Å². The molecule has 0 unspecified atom stereocenters. The summed E-state index contributed by atoms with van der Waals surface area (Å²) in [5, 5.41) is 31.5. The molecule has 3 aromatic carbocycles. The number of phenols is 1. The number of aromatic hydroxyl groups is 1. The maximum absolute atomic E-state index is 10.9.